The molecule has 1 amide bonds. The first-order valence-electron chi connectivity index (χ1n) is 7.56. The molecule has 21 heavy (non-hydrogen) atoms. The molecule has 1 saturated heterocycles. The van der Waals surface area contributed by atoms with E-state index >= 15 is 0 Å². The van der Waals surface area contributed by atoms with Crippen molar-refractivity contribution in [2.75, 3.05) is 11.1 Å². The maximum atomic E-state index is 12.8. The fourth-order valence-electron chi connectivity index (χ4n) is 2.80. The van der Waals surface area contributed by atoms with Crippen molar-refractivity contribution in [2.24, 2.45) is 0 Å². The number of amides is 1. The SMILES string of the molecule is C[C@@H]1CCC[C@H](C)N1C(=O)c1sc(NC(C)(C)C)nc1N. The van der Waals surface area contributed by atoms with E-state index < -0.39 is 0 Å². The zero-order valence-corrected chi connectivity index (χ0v) is 14.4. The van der Waals surface area contributed by atoms with Gasteiger partial charge in [0.1, 0.15) is 10.7 Å². The lowest BCUT2D eigenvalue weighted by molar-refractivity contribution is 0.0516. The predicted molar refractivity (Wildman–Crippen MR) is 88.8 cm³/mol. The second-order valence-electron chi connectivity index (χ2n) is 6.95. The number of anilines is 2. The fraction of sp³-hybridized carbons (Fsp3) is 0.733. The highest BCUT2D eigenvalue weighted by atomic mass is 32.1. The molecule has 1 aromatic heterocycles. The highest BCUT2D eigenvalue weighted by molar-refractivity contribution is 7.18. The molecule has 1 aromatic rings. The Hall–Kier alpha value is -1.30. The number of carbonyl (C=O) groups excluding carboxylic acids is 1. The van der Waals surface area contributed by atoms with Gasteiger partial charge in [-0.3, -0.25) is 4.79 Å². The molecule has 5 nitrogen and oxygen atoms in total. The molecule has 1 aliphatic rings. The molecule has 6 heteroatoms. The van der Waals surface area contributed by atoms with E-state index in [-0.39, 0.29) is 23.5 Å². The molecule has 0 spiro atoms. The number of thiazole rings is 1. The van der Waals surface area contributed by atoms with E-state index in [0.717, 1.165) is 12.8 Å². The van der Waals surface area contributed by atoms with Gasteiger partial charge in [0.05, 0.1) is 0 Å². The van der Waals surface area contributed by atoms with Gasteiger partial charge in [-0.2, -0.15) is 0 Å². The van der Waals surface area contributed by atoms with Crippen LogP contribution in [-0.4, -0.2) is 33.4 Å². The van der Waals surface area contributed by atoms with Crippen LogP contribution < -0.4 is 11.1 Å². The Labute approximate surface area is 130 Å². The summed E-state index contributed by atoms with van der Waals surface area (Å²) in [4.78, 5) is 19.6. The van der Waals surface area contributed by atoms with Crippen LogP contribution in [0.1, 0.15) is 63.6 Å². The lowest BCUT2D eigenvalue weighted by Crippen LogP contribution is -2.47. The first kappa shape index (κ1) is 16.1. The van der Waals surface area contributed by atoms with Gasteiger partial charge in [-0.25, -0.2) is 4.98 Å². The average Bonchev–Trinajstić information content (AvgIpc) is 2.67. The van der Waals surface area contributed by atoms with Crippen LogP contribution in [0.3, 0.4) is 0 Å². The minimum absolute atomic E-state index is 0.0201. The predicted octanol–water partition coefficient (Wildman–Crippen LogP) is 3.34. The van der Waals surface area contributed by atoms with Gasteiger partial charge in [-0.05, 0) is 53.9 Å². The van der Waals surface area contributed by atoms with Crippen molar-refractivity contribution in [3.05, 3.63) is 4.88 Å². The summed E-state index contributed by atoms with van der Waals surface area (Å²) in [6, 6.07) is 0.531. The molecule has 1 fully saturated rings. The summed E-state index contributed by atoms with van der Waals surface area (Å²) in [7, 11) is 0. The van der Waals surface area contributed by atoms with Gasteiger partial charge < -0.3 is 16.0 Å². The van der Waals surface area contributed by atoms with E-state index in [0.29, 0.717) is 15.8 Å². The zero-order chi connectivity index (χ0) is 15.8. The number of nitrogens with two attached hydrogens (primary N) is 1. The van der Waals surface area contributed by atoms with Gasteiger partial charge in [0.25, 0.3) is 5.91 Å². The second-order valence-corrected chi connectivity index (χ2v) is 7.95. The topological polar surface area (TPSA) is 71.2 Å². The van der Waals surface area contributed by atoms with E-state index in [1.165, 1.54) is 17.8 Å². The average molecular weight is 310 g/mol. The van der Waals surface area contributed by atoms with Crippen LogP contribution >= 0.6 is 11.3 Å². The number of nitrogen functional groups attached to an aromatic ring is 1. The minimum atomic E-state index is -0.101. The normalized spacial score (nSPS) is 23.2. The van der Waals surface area contributed by atoms with Crippen molar-refractivity contribution in [3.63, 3.8) is 0 Å². The Kier molecular flexibility index (Phi) is 4.46. The quantitative estimate of drug-likeness (QED) is 0.879. The number of rotatable bonds is 2. The summed E-state index contributed by atoms with van der Waals surface area (Å²) in [5.74, 6) is 0.355. The van der Waals surface area contributed by atoms with Crippen molar-refractivity contribution in [1.82, 2.24) is 9.88 Å². The Morgan fingerprint density at radius 3 is 2.43 bits per heavy atom. The Balaban J connectivity index is 2.23. The molecule has 2 atom stereocenters. The Morgan fingerprint density at radius 1 is 1.33 bits per heavy atom. The molecule has 0 aromatic carbocycles. The summed E-state index contributed by atoms with van der Waals surface area (Å²) >= 11 is 1.35. The summed E-state index contributed by atoms with van der Waals surface area (Å²) in [6.07, 6.45) is 3.30. The number of nitrogens with zero attached hydrogens (tertiary/aromatic N) is 2. The summed E-state index contributed by atoms with van der Waals surface area (Å²) in [5, 5.41) is 3.99. The third kappa shape index (κ3) is 3.67. The first-order valence-corrected chi connectivity index (χ1v) is 8.38. The number of aromatic nitrogens is 1. The monoisotopic (exact) mass is 310 g/mol. The number of hydrogen-bond donors (Lipinski definition) is 2. The molecule has 2 heterocycles. The number of nitrogens with one attached hydrogen (secondary N) is 1. The van der Waals surface area contributed by atoms with Crippen LogP contribution in [0.4, 0.5) is 10.9 Å². The number of carbonyl (C=O) groups is 1. The third-order valence-electron chi connectivity index (χ3n) is 3.76. The highest BCUT2D eigenvalue weighted by Crippen LogP contribution is 2.31. The molecule has 0 radical (unpaired) electrons. The molecule has 0 saturated carbocycles. The second kappa shape index (κ2) is 5.83. The van der Waals surface area contributed by atoms with Crippen LogP contribution in [-0.2, 0) is 0 Å². The maximum Gasteiger partial charge on any atom is 0.268 e. The fourth-order valence-corrected chi connectivity index (χ4v) is 3.84. The van der Waals surface area contributed by atoms with Gasteiger partial charge in [0.2, 0.25) is 0 Å². The van der Waals surface area contributed by atoms with Crippen molar-refractivity contribution in [2.45, 2.75) is 71.5 Å². The van der Waals surface area contributed by atoms with E-state index in [4.69, 9.17) is 5.73 Å². The van der Waals surface area contributed by atoms with E-state index in [9.17, 15) is 4.79 Å². The molecule has 0 bridgehead atoms. The van der Waals surface area contributed by atoms with Crippen LogP contribution in [0.25, 0.3) is 0 Å². The molecule has 118 valence electrons. The summed E-state index contributed by atoms with van der Waals surface area (Å²) < 4.78 is 0. The number of likely N-dealkylation sites (tertiary alicyclic amines) is 1. The van der Waals surface area contributed by atoms with Gasteiger partial charge in [-0.15, -0.1) is 0 Å². The first-order chi connectivity index (χ1) is 9.69. The van der Waals surface area contributed by atoms with Gasteiger partial charge in [0, 0.05) is 17.6 Å². The van der Waals surface area contributed by atoms with Crippen molar-refractivity contribution >= 4 is 28.2 Å². The zero-order valence-electron chi connectivity index (χ0n) is 13.6. The summed E-state index contributed by atoms with van der Waals surface area (Å²) in [5.41, 5.74) is 5.87. The molecule has 1 aliphatic heterocycles. The van der Waals surface area contributed by atoms with Gasteiger partial charge in [-0.1, -0.05) is 11.3 Å². The lowest BCUT2D eigenvalue weighted by atomic mass is 9.97. The van der Waals surface area contributed by atoms with Crippen LogP contribution in [0, 0.1) is 0 Å². The van der Waals surface area contributed by atoms with E-state index in [2.05, 4.69) is 44.9 Å². The molecule has 3 N–H and O–H groups in total. The molecule has 0 unspecified atom stereocenters. The molecule has 0 aliphatic carbocycles. The smallest absolute Gasteiger partial charge is 0.268 e. The van der Waals surface area contributed by atoms with Crippen molar-refractivity contribution in [3.8, 4) is 0 Å². The number of hydrogen-bond acceptors (Lipinski definition) is 5. The van der Waals surface area contributed by atoms with Crippen molar-refractivity contribution < 1.29 is 4.79 Å². The Morgan fingerprint density at radius 2 is 1.90 bits per heavy atom. The number of piperidine rings is 1. The highest BCUT2D eigenvalue weighted by Gasteiger charge is 2.32. The van der Waals surface area contributed by atoms with Crippen LogP contribution in [0.15, 0.2) is 0 Å². The van der Waals surface area contributed by atoms with Gasteiger partial charge >= 0.3 is 0 Å². The third-order valence-corrected chi connectivity index (χ3v) is 4.73. The van der Waals surface area contributed by atoms with Gasteiger partial charge in [0.15, 0.2) is 5.13 Å². The minimum Gasteiger partial charge on any atom is -0.382 e. The van der Waals surface area contributed by atoms with E-state index in [1.54, 1.807) is 0 Å². The van der Waals surface area contributed by atoms with Crippen LogP contribution in [0.5, 0.6) is 0 Å². The summed E-state index contributed by atoms with van der Waals surface area (Å²) in [6.45, 7) is 10.4. The molecular formula is C15H26N4OS. The largest absolute Gasteiger partial charge is 0.382 e. The maximum absolute atomic E-state index is 12.8. The van der Waals surface area contributed by atoms with Crippen molar-refractivity contribution in [1.29, 1.82) is 0 Å². The molecular weight excluding hydrogens is 284 g/mol. The van der Waals surface area contributed by atoms with E-state index in [1.807, 2.05) is 4.90 Å². The van der Waals surface area contributed by atoms with Crippen LogP contribution in [0.2, 0.25) is 0 Å². The Bertz CT molecular complexity index is 510. The standard InChI is InChI=1S/C15H26N4OS/c1-9-7-6-8-10(2)19(9)13(20)11-12(16)17-14(21-11)18-15(3,4)5/h9-10H,6-8,16H2,1-5H3,(H,17,18)/t9-,10+. The molecule has 2 rings (SSSR count). The lowest BCUT2D eigenvalue weighted by Gasteiger charge is -2.38.